The Morgan fingerprint density at radius 1 is 1.12 bits per heavy atom. The van der Waals surface area contributed by atoms with Gasteiger partial charge < -0.3 is 19.9 Å². The van der Waals surface area contributed by atoms with E-state index in [0.29, 0.717) is 32.1 Å². The number of aromatic carboxylic acids is 1. The second kappa shape index (κ2) is 9.65. The van der Waals surface area contributed by atoms with E-state index in [1.165, 1.54) is 6.07 Å². The summed E-state index contributed by atoms with van der Waals surface area (Å²) in [5.74, 6) is -2.81. The molecule has 138 valence electrons. The highest BCUT2D eigenvalue weighted by Gasteiger charge is 2.14. The molecular formula is C19H20FNO5. The van der Waals surface area contributed by atoms with Gasteiger partial charge in [-0.25, -0.2) is 9.18 Å². The molecule has 0 aliphatic rings. The highest BCUT2D eigenvalue weighted by molar-refractivity contribution is 6.05. The molecule has 1 amide bonds. The number of carbonyl (C=O) groups excluding carboxylic acids is 1. The number of ether oxygens (including phenoxy) is 2. The number of carbonyl (C=O) groups is 2. The summed E-state index contributed by atoms with van der Waals surface area (Å²) >= 11 is 0. The molecule has 2 aromatic rings. The van der Waals surface area contributed by atoms with E-state index in [4.69, 9.17) is 14.6 Å². The van der Waals surface area contributed by atoms with Crippen LogP contribution in [0, 0.1) is 5.82 Å². The summed E-state index contributed by atoms with van der Waals surface area (Å²) in [4.78, 5) is 23.0. The first kappa shape index (κ1) is 19.6. The molecule has 0 aliphatic carbocycles. The van der Waals surface area contributed by atoms with Crippen LogP contribution in [0.25, 0.3) is 0 Å². The zero-order valence-corrected chi connectivity index (χ0v) is 14.3. The van der Waals surface area contributed by atoms with Crippen LogP contribution in [0.1, 0.15) is 33.2 Å². The zero-order valence-electron chi connectivity index (χ0n) is 14.3. The normalized spacial score (nSPS) is 10.5. The lowest BCUT2D eigenvalue weighted by atomic mass is 10.1. The summed E-state index contributed by atoms with van der Waals surface area (Å²) in [6.45, 7) is 3.88. The molecule has 0 spiro atoms. The Morgan fingerprint density at radius 2 is 1.88 bits per heavy atom. The monoisotopic (exact) mass is 361 g/mol. The molecule has 0 unspecified atom stereocenters. The van der Waals surface area contributed by atoms with Gasteiger partial charge in [0.25, 0.3) is 5.91 Å². The Morgan fingerprint density at radius 3 is 2.58 bits per heavy atom. The first-order chi connectivity index (χ1) is 12.5. The first-order valence-electron chi connectivity index (χ1n) is 8.10. The lowest BCUT2D eigenvalue weighted by Crippen LogP contribution is -2.14. The number of hydrogen-bond acceptors (Lipinski definition) is 4. The molecule has 0 heterocycles. The van der Waals surface area contributed by atoms with Gasteiger partial charge >= 0.3 is 5.97 Å². The molecule has 2 rings (SSSR count). The van der Waals surface area contributed by atoms with Crippen molar-refractivity contribution < 1.29 is 28.6 Å². The van der Waals surface area contributed by atoms with Crippen molar-refractivity contribution in [3.63, 3.8) is 0 Å². The predicted molar refractivity (Wildman–Crippen MR) is 93.9 cm³/mol. The van der Waals surface area contributed by atoms with Gasteiger partial charge in [0, 0.05) is 12.3 Å². The van der Waals surface area contributed by atoms with E-state index in [1.807, 2.05) is 13.0 Å². The number of rotatable bonds is 9. The second-order valence-electron chi connectivity index (χ2n) is 5.40. The standard InChI is InChI=1S/C19H20FNO5/c1-2-25-8-9-26-12-13-4-3-5-15(10-13)21-18(22)16-7-6-14(19(23)24)11-17(16)20/h3-7,10-11H,2,8-9,12H2,1H3,(H,21,22)(H,23,24). The lowest BCUT2D eigenvalue weighted by Gasteiger charge is -2.09. The van der Waals surface area contributed by atoms with Gasteiger partial charge in [-0.1, -0.05) is 12.1 Å². The number of carboxylic acids is 1. The van der Waals surface area contributed by atoms with Crippen molar-refractivity contribution in [3.8, 4) is 0 Å². The molecule has 7 heteroatoms. The Labute approximate surface area is 150 Å². The molecule has 0 atom stereocenters. The van der Waals surface area contributed by atoms with E-state index in [-0.39, 0.29) is 11.1 Å². The summed E-state index contributed by atoms with van der Waals surface area (Å²) in [7, 11) is 0. The number of amides is 1. The van der Waals surface area contributed by atoms with Crippen LogP contribution in [-0.4, -0.2) is 36.8 Å². The summed E-state index contributed by atoms with van der Waals surface area (Å²) in [6, 6.07) is 10.1. The van der Waals surface area contributed by atoms with Crippen LogP contribution >= 0.6 is 0 Å². The Balaban J connectivity index is 1.98. The SMILES string of the molecule is CCOCCOCc1cccc(NC(=O)c2ccc(C(=O)O)cc2F)c1. The quantitative estimate of drug-likeness (QED) is 0.669. The van der Waals surface area contributed by atoms with Crippen LogP contribution in [-0.2, 0) is 16.1 Å². The maximum atomic E-state index is 14.0. The van der Waals surface area contributed by atoms with Crippen LogP contribution in [0.2, 0.25) is 0 Å². The van der Waals surface area contributed by atoms with Crippen molar-refractivity contribution >= 4 is 17.6 Å². The third-order valence-corrected chi connectivity index (χ3v) is 3.49. The topological polar surface area (TPSA) is 84.9 Å². The summed E-state index contributed by atoms with van der Waals surface area (Å²) in [5, 5.41) is 11.4. The Hall–Kier alpha value is -2.77. The minimum absolute atomic E-state index is 0.217. The van der Waals surface area contributed by atoms with Crippen LogP contribution in [0.4, 0.5) is 10.1 Å². The van der Waals surface area contributed by atoms with E-state index in [9.17, 15) is 14.0 Å². The molecule has 26 heavy (non-hydrogen) atoms. The minimum Gasteiger partial charge on any atom is -0.478 e. The molecule has 0 aromatic heterocycles. The van der Waals surface area contributed by atoms with Crippen LogP contribution in [0.3, 0.4) is 0 Å². The van der Waals surface area contributed by atoms with Gasteiger partial charge in [0.1, 0.15) is 5.82 Å². The fraction of sp³-hybridized carbons (Fsp3) is 0.263. The fourth-order valence-electron chi connectivity index (χ4n) is 2.22. The van der Waals surface area contributed by atoms with E-state index < -0.39 is 17.7 Å². The van der Waals surface area contributed by atoms with Crippen molar-refractivity contribution in [2.45, 2.75) is 13.5 Å². The van der Waals surface area contributed by atoms with Gasteiger partial charge in [-0.3, -0.25) is 4.79 Å². The van der Waals surface area contributed by atoms with E-state index in [1.54, 1.807) is 18.2 Å². The van der Waals surface area contributed by atoms with Gasteiger partial charge in [-0.2, -0.15) is 0 Å². The van der Waals surface area contributed by atoms with Crippen molar-refractivity contribution in [1.29, 1.82) is 0 Å². The number of carboxylic acid groups (broad SMARTS) is 1. The molecule has 6 nitrogen and oxygen atoms in total. The molecule has 0 radical (unpaired) electrons. The van der Waals surface area contributed by atoms with Crippen LogP contribution < -0.4 is 5.32 Å². The smallest absolute Gasteiger partial charge is 0.335 e. The average Bonchev–Trinajstić information content (AvgIpc) is 2.61. The maximum Gasteiger partial charge on any atom is 0.335 e. The Bertz CT molecular complexity index is 778. The number of halogens is 1. The number of hydrogen-bond donors (Lipinski definition) is 2. The van der Waals surface area contributed by atoms with Crippen LogP contribution in [0.5, 0.6) is 0 Å². The molecule has 2 aromatic carbocycles. The van der Waals surface area contributed by atoms with Gasteiger partial charge in [0.2, 0.25) is 0 Å². The third-order valence-electron chi connectivity index (χ3n) is 3.49. The highest BCUT2D eigenvalue weighted by Crippen LogP contribution is 2.16. The van der Waals surface area contributed by atoms with Crippen molar-refractivity contribution in [3.05, 3.63) is 65.0 Å². The van der Waals surface area contributed by atoms with E-state index in [0.717, 1.165) is 17.7 Å². The second-order valence-corrected chi connectivity index (χ2v) is 5.40. The first-order valence-corrected chi connectivity index (χ1v) is 8.10. The van der Waals surface area contributed by atoms with Gasteiger partial charge in [0.15, 0.2) is 0 Å². The fourth-order valence-corrected chi connectivity index (χ4v) is 2.22. The summed E-state index contributed by atoms with van der Waals surface area (Å²) < 4.78 is 24.6. The highest BCUT2D eigenvalue weighted by atomic mass is 19.1. The van der Waals surface area contributed by atoms with Crippen molar-refractivity contribution in [2.24, 2.45) is 0 Å². The molecule has 2 N–H and O–H groups in total. The zero-order chi connectivity index (χ0) is 18.9. The molecule has 0 bridgehead atoms. The number of benzene rings is 2. The molecule has 0 saturated heterocycles. The summed E-state index contributed by atoms with van der Waals surface area (Å²) in [6.07, 6.45) is 0. The average molecular weight is 361 g/mol. The predicted octanol–water partition coefficient (Wildman–Crippen LogP) is 3.33. The van der Waals surface area contributed by atoms with Crippen molar-refractivity contribution in [1.82, 2.24) is 0 Å². The molecule has 0 saturated carbocycles. The maximum absolute atomic E-state index is 14.0. The number of anilines is 1. The van der Waals surface area contributed by atoms with Gasteiger partial charge in [0.05, 0.1) is 30.9 Å². The van der Waals surface area contributed by atoms with Crippen molar-refractivity contribution in [2.75, 3.05) is 25.1 Å². The van der Waals surface area contributed by atoms with Crippen LogP contribution in [0.15, 0.2) is 42.5 Å². The number of nitrogens with one attached hydrogen (secondary N) is 1. The van der Waals surface area contributed by atoms with E-state index >= 15 is 0 Å². The third kappa shape index (κ3) is 5.65. The molecule has 0 aliphatic heterocycles. The minimum atomic E-state index is -1.26. The van der Waals surface area contributed by atoms with Gasteiger partial charge in [-0.05, 0) is 42.8 Å². The van der Waals surface area contributed by atoms with E-state index in [2.05, 4.69) is 5.32 Å². The summed E-state index contributed by atoms with van der Waals surface area (Å²) in [5.41, 5.74) is 0.891. The lowest BCUT2D eigenvalue weighted by molar-refractivity contribution is 0.0453. The largest absolute Gasteiger partial charge is 0.478 e. The van der Waals surface area contributed by atoms with Gasteiger partial charge in [-0.15, -0.1) is 0 Å². The molecule has 0 fully saturated rings. The Kier molecular flexibility index (Phi) is 7.25. The molecular weight excluding hydrogens is 341 g/mol.